The molecule has 1 heterocycles. The Morgan fingerprint density at radius 2 is 2.60 bits per heavy atom. The van der Waals surface area contributed by atoms with Gasteiger partial charge in [-0.1, -0.05) is 6.58 Å². The third-order valence-corrected chi connectivity index (χ3v) is 1.30. The summed E-state index contributed by atoms with van der Waals surface area (Å²) in [5.41, 5.74) is 5.60. The minimum absolute atomic E-state index is 0.0343. The maximum atomic E-state index is 5.60. The van der Waals surface area contributed by atoms with Crippen LogP contribution in [0.25, 0.3) is 6.20 Å². The van der Waals surface area contributed by atoms with Crippen molar-refractivity contribution in [2.75, 3.05) is 0 Å². The number of hydrogen-bond acceptors (Lipinski definition) is 2. The van der Waals surface area contributed by atoms with Gasteiger partial charge in [0, 0.05) is 18.6 Å². The average Bonchev–Trinajstić information content (AvgIpc) is 2.33. The van der Waals surface area contributed by atoms with Gasteiger partial charge in [0.15, 0.2) is 0 Å². The van der Waals surface area contributed by atoms with Crippen molar-refractivity contribution in [1.29, 1.82) is 0 Å². The Morgan fingerprint density at radius 3 is 3.00 bits per heavy atom. The highest BCUT2D eigenvalue weighted by molar-refractivity contribution is 5.20. The molecule has 0 aliphatic rings. The van der Waals surface area contributed by atoms with Gasteiger partial charge in [-0.15, -0.1) is 0 Å². The van der Waals surface area contributed by atoms with Gasteiger partial charge < -0.3 is 10.3 Å². The average molecular weight is 137 g/mol. The van der Waals surface area contributed by atoms with Crippen molar-refractivity contribution >= 4 is 6.20 Å². The summed E-state index contributed by atoms with van der Waals surface area (Å²) in [6.07, 6.45) is 5.22. The molecule has 1 rings (SSSR count). The predicted octanol–water partition coefficient (Wildman–Crippen LogP) is 1.00. The summed E-state index contributed by atoms with van der Waals surface area (Å²) in [5, 5.41) is 0. The maximum absolute atomic E-state index is 5.60. The van der Waals surface area contributed by atoms with Crippen molar-refractivity contribution in [1.82, 2.24) is 9.55 Å². The first-order valence-electron chi connectivity index (χ1n) is 3.16. The van der Waals surface area contributed by atoms with Crippen molar-refractivity contribution in [3.63, 3.8) is 0 Å². The van der Waals surface area contributed by atoms with Crippen LogP contribution in [-0.2, 0) is 0 Å². The Balaban J connectivity index is 3.01. The quantitative estimate of drug-likeness (QED) is 0.661. The molecule has 54 valence electrons. The van der Waals surface area contributed by atoms with Gasteiger partial charge in [0.2, 0.25) is 0 Å². The van der Waals surface area contributed by atoms with Gasteiger partial charge in [-0.05, 0) is 6.92 Å². The number of imidazole rings is 1. The van der Waals surface area contributed by atoms with Crippen LogP contribution in [0.3, 0.4) is 0 Å². The molecule has 2 N–H and O–H groups in total. The second-order valence-corrected chi connectivity index (χ2v) is 2.16. The normalized spacial score (nSPS) is 13.0. The molecule has 0 saturated heterocycles. The lowest BCUT2D eigenvalue weighted by Crippen LogP contribution is -2.10. The number of nitrogens with zero attached hydrogens (tertiary/aromatic N) is 2. The summed E-state index contributed by atoms with van der Waals surface area (Å²) < 4.78 is 1.81. The molecule has 0 spiro atoms. The van der Waals surface area contributed by atoms with Crippen LogP contribution in [0.1, 0.15) is 18.8 Å². The molecule has 1 unspecified atom stereocenters. The molecule has 1 aromatic heterocycles. The minimum Gasteiger partial charge on any atom is -0.322 e. The van der Waals surface area contributed by atoms with Crippen LogP contribution >= 0.6 is 0 Å². The van der Waals surface area contributed by atoms with Crippen molar-refractivity contribution in [3.8, 4) is 0 Å². The molecule has 0 bridgehead atoms. The highest BCUT2D eigenvalue weighted by Gasteiger charge is 2.03. The highest BCUT2D eigenvalue weighted by Crippen LogP contribution is 2.05. The van der Waals surface area contributed by atoms with Crippen LogP contribution in [-0.4, -0.2) is 9.55 Å². The first-order chi connectivity index (χ1) is 4.75. The molecule has 3 nitrogen and oxygen atoms in total. The van der Waals surface area contributed by atoms with Gasteiger partial charge in [0.25, 0.3) is 0 Å². The second-order valence-electron chi connectivity index (χ2n) is 2.16. The molecule has 0 aliphatic heterocycles. The van der Waals surface area contributed by atoms with E-state index in [0.29, 0.717) is 0 Å². The van der Waals surface area contributed by atoms with Crippen LogP contribution in [0.15, 0.2) is 19.0 Å². The summed E-state index contributed by atoms with van der Waals surface area (Å²) in [4.78, 5) is 4.05. The van der Waals surface area contributed by atoms with Crippen molar-refractivity contribution in [2.24, 2.45) is 5.73 Å². The third-order valence-electron chi connectivity index (χ3n) is 1.30. The summed E-state index contributed by atoms with van der Waals surface area (Å²) >= 11 is 0. The largest absolute Gasteiger partial charge is 0.322 e. The van der Waals surface area contributed by atoms with Crippen LogP contribution in [0.5, 0.6) is 0 Å². The van der Waals surface area contributed by atoms with E-state index in [2.05, 4.69) is 11.6 Å². The van der Waals surface area contributed by atoms with E-state index in [1.165, 1.54) is 0 Å². The molecule has 0 aliphatic carbocycles. The fourth-order valence-electron chi connectivity index (χ4n) is 0.832. The van der Waals surface area contributed by atoms with Gasteiger partial charge in [-0.25, -0.2) is 4.98 Å². The Kier molecular flexibility index (Phi) is 1.87. The Bertz CT molecular complexity index is 225. The van der Waals surface area contributed by atoms with Gasteiger partial charge in [0.05, 0.1) is 6.04 Å². The molecule has 0 amide bonds. The molecule has 0 fully saturated rings. The highest BCUT2D eigenvalue weighted by atomic mass is 15.1. The van der Waals surface area contributed by atoms with E-state index in [9.17, 15) is 0 Å². The molecule has 10 heavy (non-hydrogen) atoms. The zero-order valence-electron chi connectivity index (χ0n) is 5.99. The third kappa shape index (κ3) is 1.09. The first-order valence-corrected chi connectivity index (χ1v) is 3.16. The number of aromatic nitrogens is 2. The van der Waals surface area contributed by atoms with E-state index in [0.717, 1.165) is 5.82 Å². The fraction of sp³-hybridized carbons (Fsp3) is 0.286. The minimum atomic E-state index is -0.0343. The lowest BCUT2D eigenvalue weighted by molar-refractivity contribution is 0.731. The van der Waals surface area contributed by atoms with Crippen LogP contribution in [0.4, 0.5) is 0 Å². The second kappa shape index (κ2) is 2.66. The lowest BCUT2D eigenvalue weighted by Gasteiger charge is -2.03. The summed E-state index contributed by atoms with van der Waals surface area (Å²) in [7, 11) is 0. The zero-order chi connectivity index (χ0) is 7.56. The fourth-order valence-corrected chi connectivity index (χ4v) is 0.832. The zero-order valence-corrected chi connectivity index (χ0v) is 5.99. The molecule has 1 atom stereocenters. The van der Waals surface area contributed by atoms with E-state index in [-0.39, 0.29) is 6.04 Å². The van der Waals surface area contributed by atoms with E-state index < -0.39 is 0 Å². The van der Waals surface area contributed by atoms with E-state index in [1.54, 1.807) is 12.4 Å². The van der Waals surface area contributed by atoms with E-state index >= 15 is 0 Å². The number of rotatable bonds is 2. The Hall–Kier alpha value is -1.09. The van der Waals surface area contributed by atoms with Crippen LogP contribution < -0.4 is 5.73 Å². The Labute approximate surface area is 60.2 Å². The molecule has 1 aromatic rings. The maximum Gasteiger partial charge on any atom is 0.129 e. The number of nitrogens with two attached hydrogens (primary N) is 1. The molecule has 0 saturated carbocycles. The van der Waals surface area contributed by atoms with E-state index in [1.807, 2.05) is 17.7 Å². The summed E-state index contributed by atoms with van der Waals surface area (Å²) in [6.45, 7) is 5.50. The van der Waals surface area contributed by atoms with E-state index in [4.69, 9.17) is 5.73 Å². The van der Waals surface area contributed by atoms with Gasteiger partial charge in [0.1, 0.15) is 5.82 Å². The standard InChI is InChI=1S/C7H11N3/c1-3-10-5-4-9-7(10)6(2)8/h3-6H,1,8H2,2H3. The topological polar surface area (TPSA) is 43.8 Å². The van der Waals surface area contributed by atoms with Crippen molar-refractivity contribution in [2.45, 2.75) is 13.0 Å². The number of hydrogen-bond donors (Lipinski definition) is 1. The van der Waals surface area contributed by atoms with Crippen molar-refractivity contribution < 1.29 is 0 Å². The molecule has 3 heteroatoms. The lowest BCUT2D eigenvalue weighted by atomic mass is 10.3. The molecular formula is C7H11N3. The Morgan fingerprint density at radius 1 is 1.90 bits per heavy atom. The van der Waals surface area contributed by atoms with Gasteiger partial charge in [-0.3, -0.25) is 0 Å². The monoisotopic (exact) mass is 137 g/mol. The molecule has 0 aromatic carbocycles. The SMILES string of the molecule is C=Cn1ccnc1C(C)N. The van der Waals surface area contributed by atoms with Crippen LogP contribution in [0.2, 0.25) is 0 Å². The first kappa shape index (κ1) is 7.02. The summed E-state index contributed by atoms with van der Waals surface area (Å²) in [5.74, 6) is 0.843. The smallest absolute Gasteiger partial charge is 0.129 e. The molecule has 0 radical (unpaired) electrons. The molecular weight excluding hydrogens is 126 g/mol. The van der Waals surface area contributed by atoms with Crippen LogP contribution in [0, 0.1) is 0 Å². The van der Waals surface area contributed by atoms with Gasteiger partial charge >= 0.3 is 0 Å². The predicted molar refractivity (Wildman–Crippen MR) is 41.2 cm³/mol. The van der Waals surface area contributed by atoms with Crippen molar-refractivity contribution in [3.05, 3.63) is 24.8 Å². The van der Waals surface area contributed by atoms with Gasteiger partial charge in [-0.2, -0.15) is 0 Å². The summed E-state index contributed by atoms with van der Waals surface area (Å²) in [6, 6.07) is -0.0343.